The van der Waals surface area contributed by atoms with E-state index in [1.807, 2.05) is 60.7 Å². The summed E-state index contributed by atoms with van der Waals surface area (Å²) >= 11 is 0. The standard InChI is InChI=1S/C39H36N2O5/c1-26(29-17-10-12-20-33(29)46-2)36(44)40-23-34-38(27-13-5-3-6-14-27)22-21-32(30-18-9-11-19-31(30)38)39(34,25-40)37(45)41(24-35(42)43)28-15-7-4-8-16-28/h3-20,32,34H,1,21-25H2,2H3,(H,42,43)/t32-,34+,38-,39+/m1/s1. The SMILES string of the molecule is C=C(C(=O)N1C[C@H]2[C@@]3(c4ccccc4)CC[C@H](c4ccccc43)[C@@]2(C(=O)N(CC(=O)O)c2ccccc2)C1)c1ccccc1OC. The van der Waals surface area contributed by atoms with Crippen LogP contribution in [0, 0.1) is 11.3 Å². The van der Waals surface area contributed by atoms with Crippen molar-refractivity contribution in [1.82, 2.24) is 4.90 Å². The van der Waals surface area contributed by atoms with Gasteiger partial charge in [0.2, 0.25) is 5.91 Å². The van der Waals surface area contributed by atoms with Crippen LogP contribution in [0.5, 0.6) is 5.75 Å². The number of fused-ring (bicyclic) bond motifs is 1. The third-order valence-electron chi connectivity index (χ3n) is 10.6. The molecule has 8 rings (SSSR count). The number of carbonyl (C=O) groups is 3. The van der Waals surface area contributed by atoms with E-state index in [1.165, 1.54) is 10.5 Å². The maximum Gasteiger partial charge on any atom is 0.323 e. The van der Waals surface area contributed by atoms with Crippen molar-refractivity contribution in [2.45, 2.75) is 24.2 Å². The van der Waals surface area contributed by atoms with Crippen molar-refractivity contribution in [1.29, 1.82) is 0 Å². The fraction of sp³-hybridized carbons (Fsp3) is 0.256. The molecular weight excluding hydrogens is 576 g/mol. The lowest BCUT2D eigenvalue weighted by molar-refractivity contribution is -0.141. The van der Waals surface area contributed by atoms with Gasteiger partial charge in [-0.1, -0.05) is 97.6 Å². The van der Waals surface area contributed by atoms with E-state index in [0.29, 0.717) is 29.1 Å². The van der Waals surface area contributed by atoms with E-state index < -0.39 is 23.3 Å². The van der Waals surface area contributed by atoms with Crippen LogP contribution in [0.25, 0.3) is 5.57 Å². The van der Waals surface area contributed by atoms with Crippen molar-refractivity contribution in [3.8, 4) is 5.75 Å². The molecule has 1 heterocycles. The van der Waals surface area contributed by atoms with E-state index >= 15 is 4.79 Å². The summed E-state index contributed by atoms with van der Waals surface area (Å²) in [7, 11) is 1.56. The average Bonchev–Trinajstić information content (AvgIpc) is 3.54. The number of ether oxygens (including phenoxy) is 1. The molecule has 46 heavy (non-hydrogen) atoms. The Morgan fingerprint density at radius 1 is 0.913 bits per heavy atom. The van der Waals surface area contributed by atoms with E-state index in [2.05, 4.69) is 36.9 Å². The van der Waals surface area contributed by atoms with Crippen molar-refractivity contribution in [2.24, 2.45) is 11.3 Å². The van der Waals surface area contributed by atoms with Gasteiger partial charge in [0.1, 0.15) is 12.3 Å². The molecule has 232 valence electrons. The molecule has 4 aromatic carbocycles. The maximum atomic E-state index is 15.4. The molecule has 0 radical (unpaired) electrons. The highest BCUT2D eigenvalue weighted by atomic mass is 16.5. The van der Waals surface area contributed by atoms with Crippen molar-refractivity contribution >= 4 is 29.0 Å². The molecule has 2 fully saturated rings. The van der Waals surface area contributed by atoms with Crippen LogP contribution in [0.4, 0.5) is 5.69 Å². The largest absolute Gasteiger partial charge is 0.496 e. The summed E-state index contributed by atoms with van der Waals surface area (Å²) in [6, 6.07) is 35.0. The first kappa shape index (κ1) is 29.5. The Morgan fingerprint density at radius 2 is 1.57 bits per heavy atom. The minimum Gasteiger partial charge on any atom is -0.496 e. The van der Waals surface area contributed by atoms with Crippen molar-refractivity contribution < 1.29 is 24.2 Å². The summed E-state index contributed by atoms with van der Waals surface area (Å²) in [6.07, 6.45) is 1.55. The van der Waals surface area contributed by atoms with Gasteiger partial charge in [-0.05, 0) is 47.7 Å². The van der Waals surface area contributed by atoms with Crippen LogP contribution >= 0.6 is 0 Å². The predicted molar refractivity (Wildman–Crippen MR) is 177 cm³/mol. The van der Waals surface area contributed by atoms with Gasteiger partial charge < -0.3 is 19.6 Å². The summed E-state index contributed by atoms with van der Waals surface area (Å²) < 4.78 is 5.56. The number of carboxylic acids is 1. The molecule has 4 aromatic rings. The molecule has 2 bridgehead atoms. The minimum atomic E-state index is -1.10. The highest BCUT2D eigenvalue weighted by molar-refractivity contribution is 6.20. The second-order valence-corrected chi connectivity index (χ2v) is 12.6. The number of rotatable bonds is 8. The molecule has 0 spiro atoms. The van der Waals surface area contributed by atoms with Crippen LogP contribution in [0.3, 0.4) is 0 Å². The summed E-state index contributed by atoms with van der Waals surface area (Å²) in [4.78, 5) is 45.3. The van der Waals surface area contributed by atoms with Crippen LogP contribution in [0.2, 0.25) is 0 Å². The van der Waals surface area contributed by atoms with Crippen molar-refractivity contribution in [3.05, 3.63) is 138 Å². The molecule has 1 saturated heterocycles. The van der Waals surface area contributed by atoms with E-state index in [-0.39, 0.29) is 30.2 Å². The molecule has 0 aromatic heterocycles. The maximum absolute atomic E-state index is 15.4. The summed E-state index contributed by atoms with van der Waals surface area (Å²) in [6.45, 7) is 4.21. The molecule has 3 aliphatic carbocycles. The topological polar surface area (TPSA) is 87.2 Å². The van der Waals surface area contributed by atoms with E-state index in [1.54, 1.807) is 30.2 Å². The zero-order chi connectivity index (χ0) is 32.1. The van der Waals surface area contributed by atoms with Crippen LogP contribution in [-0.4, -0.2) is 54.5 Å². The number of likely N-dealkylation sites (tertiary alicyclic amines) is 1. The van der Waals surface area contributed by atoms with Crippen LogP contribution < -0.4 is 9.64 Å². The number of amides is 2. The molecule has 1 N–H and O–H groups in total. The highest BCUT2D eigenvalue weighted by Gasteiger charge is 2.71. The molecule has 4 atom stereocenters. The fourth-order valence-electron chi connectivity index (χ4n) is 8.82. The van der Waals surface area contributed by atoms with Crippen LogP contribution in [0.1, 0.15) is 41.0 Å². The number of nitrogens with zero attached hydrogens (tertiary/aromatic N) is 2. The van der Waals surface area contributed by atoms with Gasteiger partial charge in [0.05, 0.1) is 12.5 Å². The Morgan fingerprint density at radius 3 is 2.28 bits per heavy atom. The van der Waals surface area contributed by atoms with Gasteiger partial charge in [-0.3, -0.25) is 14.4 Å². The van der Waals surface area contributed by atoms with Gasteiger partial charge >= 0.3 is 5.97 Å². The Kier molecular flexibility index (Phi) is 7.27. The average molecular weight is 613 g/mol. The Labute approximate surface area is 268 Å². The molecule has 1 aliphatic heterocycles. The second-order valence-electron chi connectivity index (χ2n) is 12.6. The van der Waals surface area contributed by atoms with Crippen LogP contribution in [-0.2, 0) is 19.8 Å². The number of para-hydroxylation sites is 2. The van der Waals surface area contributed by atoms with Crippen molar-refractivity contribution in [2.75, 3.05) is 31.6 Å². The third-order valence-corrected chi connectivity index (χ3v) is 10.6. The summed E-state index contributed by atoms with van der Waals surface area (Å²) in [5.74, 6) is -1.58. The number of methoxy groups -OCH3 is 1. The van der Waals surface area contributed by atoms with E-state index in [0.717, 1.165) is 24.0 Å². The Balaban J connectivity index is 1.43. The number of anilines is 1. The van der Waals surface area contributed by atoms with E-state index in [9.17, 15) is 14.7 Å². The zero-order valence-electron chi connectivity index (χ0n) is 25.8. The lowest BCUT2D eigenvalue weighted by Gasteiger charge is -2.60. The molecule has 4 aliphatic rings. The second kappa shape index (κ2) is 11.3. The zero-order valence-corrected chi connectivity index (χ0v) is 25.8. The summed E-state index contributed by atoms with van der Waals surface area (Å²) in [5, 5.41) is 10.1. The normalized spacial score (nSPS) is 24.1. The lowest BCUT2D eigenvalue weighted by Crippen LogP contribution is -2.63. The number of hydrogen-bond acceptors (Lipinski definition) is 4. The van der Waals surface area contributed by atoms with Gasteiger partial charge in [-0.2, -0.15) is 0 Å². The highest BCUT2D eigenvalue weighted by Crippen LogP contribution is 2.69. The van der Waals surface area contributed by atoms with E-state index in [4.69, 9.17) is 4.74 Å². The Bertz CT molecular complexity index is 1840. The third kappa shape index (κ3) is 4.29. The van der Waals surface area contributed by atoms with Gasteiger partial charge in [-0.25, -0.2) is 0 Å². The number of aliphatic carboxylic acids is 1. The first-order valence-electron chi connectivity index (χ1n) is 15.7. The van der Waals surface area contributed by atoms with Crippen LogP contribution in [0.15, 0.2) is 116 Å². The Hall–Kier alpha value is -5.17. The quantitative estimate of drug-likeness (QED) is 0.241. The van der Waals surface area contributed by atoms with Gasteiger partial charge in [0.15, 0.2) is 0 Å². The molecule has 0 unspecified atom stereocenters. The number of hydrogen-bond donors (Lipinski definition) is 1. The van der Waals surface area contributed by atoms with Gasteiger partial charge in [0, 0.05) is 47.2 Å². The molecular formula is C39H36N2O5. The summed E-state index contributed by atoms with van der Waals surface area (Å²) in [5.41, 5.74) is 3.17. The first-order valence-corrected chi connectivity index (χ1v) is 15.7. The lowest BCUT2D eigenvalue weighted by atomic mass is 9.42. The number of carboxylic acid groups (broad SMARTS) is 1. The van der Waals surface area contributed by atoms with Crippen molar-refractivity contribution in [3.63, 3.8) is 0 Å². The molecule has 1 saturated carbocycles. The van der Waals surface area contributed by atoms with Gasteiger partial charge in [0.25, 0.3) is 5.91 Å². The monoisotopic (exact) mass is 612 g/mol. The fourth-order valence-corrected chi connectivity index (χ4v) is 8.82. The molecule has 2 amide bonds. The predicted octanol–water partition coefficient (Wildman–Crippen LogP) is 6.15. The number of benzene rings is 4. The smallest absolute Gasteiger partial charge is 0.323 e. The molecule has 7 heteroatoms. The number of carbonyl (C=O) groups excluding carboxylic acids is 2. The minimum absolute atomic E-state index is 0.153. The first-order chi connectivity index (χ1) is 22.3. The van der Waals surface area contributed by atoms with Gasteiger partial charge in [-0.15, -0.1) is 0 Å². The molecule has 7 nitrogen and oxygen atoms in total.